The molecule has 1 saturated carbocycles. The number of fused-ring (bicyclic) bond motifs is 1. The summed E-state index contributed by atoms with van der Waals surface area (Å²) in [6.45, 7) is 3.51. The normalized spacial score (nSPS) is 16.0. The topological polar surface area (TPSA) is 68.2 Å². The van der Waals surface area contributed by atoms with Gasteiger partial charge in [0.25, 0.3) is 0 Å². The first-order chi connectivity index (χ1) is 10.2. The van der Waals surface area contributed by atoms with Crippen LogP contribution in [0.2, 0.25) is 0 Å². The van der Waals surface area contributed by atoms with Gasteiger partial charge in [-0.2, -0.15) is 0 Å². The van der Waals surface area contributed by atoms with Crippen LogP contribution in [0.4, 0.5) is 0 Å². The predicted molar refractivity (Wildman–Crippen MR) is 102 cm³/mol. The zero-order valence-electron chi connectivity index (χ0n) is 13.0. The van der Waals surface area contributed by atoms with Crippen molar-refractivity contribution >= 4 is 41.0 Å². The summed E-state index contributed by atoms with van der Waals surface area (Å²) in [6, 6.07) is 8.71. The van der Waals surface area contributed by atoms with Gasteiger partial charge in [0.15, 0.2) is 5.96 Å². The van der Waals surface area contributed by atoms with Crippen LogP contribution in [-0.2, 0) is 6.54 Å². The summed E-state index contributed by atoms with van der Waals surface area (Å²) in [7, 11) is 0. The van der Waals surface area contributed by atoms with E-state index >= 15 is 0 Å². The molecule has 0 atom stereocenters. The number of nitrogens with two attached hydrogens (primary N) is 1. The molecule has 3 rings (SSSR count). The first kappa shape index (κ1) is 17.1. The molecule has 0 amide bonds. The van der Waals surface area contributed by atoms with E-state index in [1.54, 1.807) is 0 Å². The number of para-hydroxylation sites is 2. The van der Waals surface area contributed by atoms with Crippen LogP contribution in [0.25, 0.3) is 11.0 Å². The molecule has 6 heteroatoms. The molecule has 1 fully saturated rings. The molecule has 1 aromatic heterocycles. The van der Waals surface area contributed by atoms with Crippen LogP contribution in [0.3, 0.4) is 0 Å². The van der Waals surface area contributed by atoms with Crippen LogP contribution in [0.1, 0.15) is 31.5 Å². The van der Waals surface area contributed by atoms with Crippen molar-refractivity contribution in [3.05, 3.63) is 30.1 Å². The van der Waals surface area contributed by atoms with Crippen LogP contribution in [0, 0.1) is 6.92 Å². The van der Waals surface area contributed by atoms with E-state index < -0.39 is 0 Å². The molecule has 1 aliphatic rings. The lowest BCUT2D eigenvalue weighted by molar-refractivity contribution is 0.622. The number of rotatable bonds is 4. The minimum absolute atomic E-state index is 0. The van der Waals surface area contributed by atoms with E-state index in [0.29, 0.717) is 18.5 Å². The van der Waals surface area contributed by atoms with Crippen molar-refractivity contribution in [2.45, 2.75) is 45.2 Å². The fourth-order valence-electron chi connectivity index (χ4n) is 3.07. The Labute approximate surface area is 148 Å². The van der Waals surface area contributed by atoms with Crippen LogP contribution < -0.4 is 11.1 Å². The van der Waals surface area contributed by atoms with Crippen LogP contribution in [0.15, 0.2) is 29.3 Å². The summed E-state index contributed by atoms with van der Waals surface area (Å²) in [4.78, 5) is 9.01. The molecule has 3 N–H and O–H groups in total. The molecular weight excluding hydrogens is 389 g/mol. The van der Waals surface area contributed by atoms with E-state index in [2.05, 4.69) is 25.9 Å². The van der Waals surface area contributed by atoms with Crippen molar-refractivity contribution in [3.63, 3.8) is 0 Å². The van der Waals surface area contributed by atoms with Gasteiger partial charge < -0.3 is 15.6 Å². The van der Waals surface area contributed by atoms with Gasteiger partial charge in [-0.05, 0) is 31.9 Å². The number of hydrogen-bond donors (Lipinski definition) is 2. The quantitative estimate of drug-likeness (QED) is 0.460. The SMILES string of the molecule is Cc1nc2ccccc2n1CCN=C(N)NC1CCCC1.I. The molecule has 5 nitrogen and oxygen atoms in total. The third kappa shape index (κ3) is 3.91. The van der Waals surface area contributed by atoms with Crippen molar-refractivity contribution in [2.75, 3.05) is 6.54 Å². The Morgan fingerprint density at radius 2 is 2.09 bits per heavy atom. The van der Waals surface area contributed by atoms with E-state index in [0.717, 1.165) is 23.4 Å². The second-order valence-electron chi connectivity index (χ2n) is 5.69. The summed E-state index contributed by atoms with van der Waals surface area (Å²) in [6.07, 6.45) is 5.01. The van der Waals surface area contributed by atoms with Gasteiger partial charge in [0.2, 0.25) is 0 Å². The first-order valence-corrected chi connectivity index (χ1v) is 7.72. The fraction of sp³-hybridized carbons (Fsp3) is 0.500. The average molecular weight is 413 g/mol. The molecule has 1 heterocycles. The monoisotopic (exact) mass is 413 g/mol. The van der Waals surface area contributed by atoms with Crippen LogP contribution in [0.5, 0.6) is 0 Å². The maximum atomic E-state index is 5.96. The number of nitrogens with one attached hydrogen (secondary N) is 1. The highest BCUT2D eigenvalue weighted by atomic mass is 127. The maximum absolute atomic E-state index is 5.96. The molecule has 0 radical (unpaired) electrons. The van der Waals surface area contributed by atoms with Crippen molar-refractivity contribution < 1.29 is 0 Å². The number of aryl methyl sites for hydroxylation is 1. The maximum Gasteiger partial charge on any atom is 0.188 e. The Balaban J connectivity index is 0.00000176. The molecular formula is C16H24IN5. The van der Waals surface area contributed by atoms with E-state index in [1.807, 2.05) is 25.1 Å². The Bertz CT molecular complexity index is 643. The summed E-state index contributed by atoms with van der Waals surface area (Å²) in [5.41, 5.74) is 8.16. The summed E-state index contributed by atoms with van der Waals surface area (Å²) >= 11 is 0. The molecule has 0 unspecified atom stereocenters. The summed E-state index contributed by atoms with van der Waals surface area (Å²) in [5, 5.41) is 3.31. The number of imidazole rings is 1. The number of halogens is 1. The lowest BCUT2D eigenvalue weighted by atomic mass is 10.2. The van der Waals surface area contributed by atoms with Gasteiger partial charge in [0, 0.05) is 12.6 Å². The summed E-state index contributed by atoms with van der Waals surface area (Å²) in [5.74, 6) is 1.60. The van der Waals surface area contributed by atoms with Crippen LogP contribution in [-0.4, -0.2) is 28.1 Å². The first-order valence-electron chi connectivity index (χ1n) is 7.72. The lowest BCUT2D eigenvalue weighted by Gasteiger charge is -2.12. The van der Waals surface area contributed by atoms with E-state index in [9.17, 15) is 0 Å². The second kappa shape index (κ2) is 7.80. The highest BCUT2D eigenvalue weighted by Gasteiger charge is 2.14. The number of guanidine groups is 1. The lowest BCUT2D eigenvalue weighted by Crippen LogP contribution is -2.38. The minimum atomic E-state index is 0. The van der Waals surface area contributed by atoms with Crippen molar-refractivity contribution in [1.29, 1.82) is 0 Å². The highest BCUT2D eigenvalue weighted by molar-refractivity contribution is 14.0. The zero-order chi connectivity index (χ0) is 14.7. The van der Waals surface area contributed by atoms with E-state index in [4.69, 9.17) is 5.73 Å². The van der Waals surface area contributed by atoms with Gasteiger partial charge in [-0.25, -0.2) is 4.98 Å². The second-order valence-corrected chi connectivity index (χ2v) is 5.69. The van der Waals surface area contributed by atoms with Crippen molar-refractivity contribution in [3.8, 4) is 0 Å². The highest BCUT2D eigenvalue weighted by Crippen LogP contribution is 2.17. The van der Waals surface area contributed by atoms with Gasteiger partial charge in [-0.15, -0.1) is 24.0 Å². The number of nitrogens with zero attached hydrogens (tertiary/aromatic N) is 3. The van der Waals surface area contributed by atoms with E-state index in [1.165, 1.54) is 25.7 Å². The van der Waals surface area contributed by atoms with Gasteiger partial charge in [0.05, 0.1) is 17.6 Å². The predicted octanol–water partition coefficient (Wildman–Crippen LogP) is 2.81. The number of aliphatic imine (C=N–C) groups is 1. The van der Waals surface area contributed by atoms with Crippen molar-refractivity contribution in [2.24, 2.45) is 10.7 Å². The molecule has 0 spiro atoms. The Hall–Kier alpha value is -1.31. The molecule has 1 aromatic carbocycles. The third-order valence-corrected chi connectivity index (χ3v) is 4.16. The fourth-order valence-corrected chi connectivity index (χ4v) is 3.07. The van der Waals surface area contributed by atoms with Crippen molar-refractivity contribution in [1.82, 2.24) is 14.9 Å². The Kier molecular flexibility index (Phi) is 6.05. The van der Waals surface area contributed by atoms with Gasteiger partial charge >= 0.3 is 0 Å². The Morgan fingerprint density at radius 3 is 2.86 bits per heavy atom. The number of aromatic nitrogens is 2. The number of hydrogen-bond acceptors (Lipinski definition) is 2. The molecule has 0 saturated heterocycles. The Morgan fingerprint density at radius 1 is 1.36 bits per heavy atom. The van der Waals surface area contributed by atoms with E-state index in [-0.39, 0.29) is 24.0 Å². The van der Waals surface area contributed by atoms with Gasteiger partial charge in [0.1, 0.15) is 5.82 Å². The molecule has 120 valence electrons. The molecule has 0 aliphatic heterocycles. The standard InChI is InChI=1S/C16H23N5.HI/c1-12-19-14-8-4-5-9-15(14)21(12)11-10-18-16(17)20-13-6-2-3-7-13;/h4-5,8-9,13H,2-3,6-7,10-11H2,1H3,(H3,17,18,20);1H. The van der Waals surface area contributed by atoms with Gasteiger partial charge in [-0.1, -0.05) is 25.0 Å². The smallest absolute Gasteiger partial charge is 0.188 e. The number of benzene rings is 1. The minimum Gasteiger partial charge on any atom is -0.370 e. The zero-order valence-corrected chi connectivity index (χ0v) is 15.3. The summed E-state index contributed by atoms with van der Waals surface area (Å²) < 4.78 is 2.20. The van der Waals surface area contributed by atoms with Crippen LogP contribution >= 0.6 is 24.0 Å². The third-order valence-electron chi connectivity index (χ3n) is 4.16. The molecule has 2 aromatic rings. The average Bonchev–Trinajstić information content (AvgIpc) is 3.07. The largest absolute Gasteiger partial charge is 0.370 e. The molecule has 22 heavy (non-hydrogen) atoms. The van der Waals surface area contributed by atoms with Gasteiger partial charge in [-0.3, -0.25) is 4.99 Å². The molecule has 0 bridgehead atoms. The molecule has 1 aliphatic carbocycles.